The van der Waals surface area contributed by atoms with Crippen molar-refractivity contribution in [2.45, 2.75) is 44.9 Å². The van der Waals surface area contributed by atoms with Crippen molar-refractivity contribution < 1.29 is 4.74 Å². The molecule has 0 saturated heterocycles. The summed E-state index contributed by atoms with van der Waals surface area (Å²) in [5, 5.41) is 3.58. The van der Waals surface area contributed by atoms with Gasteiger partial charge in [0.05, 0.1) is 11.8 Å². The molecule has 1 aliphatic carbocycles. The molecule has 1 N–H and O–H groups in total. The van der Waals surface area contributed by atoms with Crippen LogP contribution in [0.15, 0.2) is 24.4 Å². The third-order valence-corrected chi connectivity index (χ3v) is 3.11. The average molecular weight is 220 g/mol. The highest BCUT2D eigenvalue weighted by molar-refractivity contribution is 5.08. The molecule has 0 spiro atoms. The van der Waals surface area contributed by atoms with E-state index in [9.17, 15) is 0 Å². The molecule has 16 heavy (non-hydrogen) atoms. The smallest absolute Gasteiger partial charge is 0.0604 e. The van der Waals surface area contributed by atoms with Crippen LogP contribution < -0.4 is 5.32 Å². The molecule has 0 bridgehead atoms. The van der Waals surface area contributed by atoms with Gasteiger partial charge in [-0.15, -0.1) is 0 Å². The van der Waals surface area contributed by atoms with Gasteiger partial charge < -0.3 is 10.1 Å². The van der Waals surface area contributed by atoms with E-state index >= 15 is 0 Å². The van der Waals surface area contributed by atoms with Gasteiger partial charge >= 0.3 is 0 Å². The first-order valence-electron chi connectivity index (χ1n) is 6.08. The molecule has 0 amide bonds. The molecule has 0 aromatic carbocycles. The average Bonchev–Trinajstić information content (AvgIpc) is 2.27. The Balaban J connectivity index is 1.75. The lowest BCUT2D eigenvalue weighted by atomic mass is 9.88. The SMILES string of the molecule is CCOC1CC(N[C@@H](C)c2ccccn2)C1. The highest BCUT2D eigenvalue weighted by atomic mass is 16.5. The zero-order valence-corrected chi connectivity index (χ0v) is 10.0. The Morgan fingerprint density at radius 3 is 2.94 bits per heavy atom. The fourth-order valence-electron chi connectivity index (χ4n) is 2.14. The zero-order chi connectivity index (χ0) is 11.4. The second-order valence-electron chi connectivity index (χ2n) is 4.39. The van der Waals surface area contributed by atoms with Gasteiger partial charge in [0.15, 0.2) is 0 Å². The van der Waals surface area contributed by atoms with Crippen LogP contribution in [0.4, 0.5) is 0 Å². The fourth-order valence-corrected chi connectivity index (χ4v) is 2.14. The Bertz CT molecular complexity index is 309. The standard InChI is InChI=1S/C13H20N2O/c1-3-16-12-8-11(9-12)15-10(2)13-6-4-5-7-14-13/h4-7,10-12,15H,3,8-9H2,1-2H3/t10-,11?,12?/m0/s1. The van der Waals surface area contributed by atoms with E-state index in [0.717, 1.165) is 25.1 Å². The third-order valence-electron chi connectivity index (χ3n) is 3.11. The third kappa shape index (κ3) is 2.80. The van der Waals surface area contributed by atoms with Crippen molar-refractivity contribution in [3.63, 3.8) is 0 Å². The molecule has 1 saturated carbocycles. The topological polar surface area (TPSA) is 34.1 Å². The van der Waals surface area contributed by atoms with Crippen LogP contribution >= 0.6 is 0 Å². The Morgan fingerprint density at radius 1 is 1.50 bits per heavy atom. The molecular formula is C13H20N2O. The van der Waals surface area contributed by atoms with Crippen LogP contribution in [0.1, 0.15) is 38.4 Å². The molecule has 3 nitrogen and oxygen atoms in total. The van der Waals surface area contributed by atoms with Crippen molar-refractivity contribution in [3.8, 4) is 0 Å². The summed E-state index contributed by atoms with van der Waals surface area (Å²) in [6, 6.07) is 6.97. The number of hydrogen-bond donors (Lipinski definition) is 1. The number of nitrogens with zero attached hydrogens (tertiary/aromatic N) is 1. The van der Waals surface area contributed by atoms with Crippen LogP contribution in [0, 0.1) is 0 Å². The van der Waals surface area contributed by atoms with Gasteiger partial charge in [0.25, 0.3) is 0 Å². The van der Waals surface area contributed by atoms with Crippen LogP contribution in [0.3, 0.4) is 0 Å². The molecule has 1 atom stereocenters. The van der Waals surface area contributed by atoms with Gasteiger partial charge in [-0.2, -0.15) is 0 Å². The summed E-state index contributed by atoms with van der Waals surface area (Å²) >= 11 is 0. The Labute approximate surface area is 97.2 Å². The van der Waals surface area contributed by atoms with E-state index in [2.05, 4.69) is 30.2 Å². The first-order valence-corrected chi connectivity index (χ1v) is 6.08. The van der Waals surface area contributed by atoms with Crippen molar-refractivity contribution in [2.24, 2.45) is 0 Å². The minimum atomic E-state index is 0.328. The summed E-state index contributed by atoms with van der Waals surface area (Å²) in [5.41, 5.74) is 1.11. The van der Waals surface area contributed by atoms with Crippen LogP contribution in [0.5, 0.6) is 0 Å². The van der Waals surface area contributed by atoms with Crippen LogP contribution in [0.2, 0.25) is 0 Å². The molecule has 3 heteroatoms. The lowest BCUT2D eigenvalue weighted by molar-refractivity contribution is -0.0121. The van der Waals surface area contributed by atoms with Crippen molar-refractivity contribution in [1.82, 2.24) is 10.3 Å². The number of ether oxygens (including phenoxy) is 1. The predicted octanol–water partition coefficient (Wildman–Crippen LogP) is 2.30. The van der Waals surface area contributed by atoms with Crippen molar-refractivity contribution in [2.75, 3.05) is 6.61 Å². The van der Waals surface area contributed by atoms with E-state index in [1.165, 1.54) is 0 Å². The molecule has 0 radical (unpaired) electrons. The highest BCUT2D eigenvalue weighted by Gasteiger charge is 2.30. The number of nitrogens with one attached hydrogen (secondary N) is 1. The van der Waals surface area contributed by atoms with E-state index < -0.39 is 0 Å². The van der Waals surface area contributed by atoms with Crippen LogP contribution in [-0.4, -0.2) is 23.7 Å². The molecule has 0 aliphatic heterocycles. The second kappa shape index (κ2) is 5.41. The minimum Gasteiger partial charge on any atom is -0.378 e. The van der Waals surface area contributed by atoms with E-state index in [1.807, 2.05) is 18.3 Å². The molecule has 1 aromatic heterocycles. The van der Waals surface area contributed by atoms with Crippen molar-refractivity contribution in [3.05, 3.63) is 30.1 Å². The monoisotopic (exact) mass is 220 g/mol. The maximum Gasteiger partial charge on any atom is 0.0604 e. The second-order valence-corrected chi connectivity index (χ2v) is 4.39. The molecule has 1 heterocycles. The number of pyridine rings is 1. The maximum absolute atomic E-state index is 5.54. The lowest BCUT2D eigenvalue weighted by Gasteiger charge is -2.37. The normalized spacial score (nSPS) is 26.1. The molecular weight excluding hydrogens is 200 g/mol. The molecule has 1 fully saturated rings. The summed E-state index contributed by atoms with van der Waals surface area (Å²) in [6.45, 7) is 5.04. The van der Waals surface area contributed by atoms with Gasteiger partial charge in [-0.05, 0) is 38.8 Å². The Morgan fingerprint density at radius 2 is 2.31 bits per heavy atom. The predicted molar refractivity (Wildman–Crippen MR) is 64.2 cm³/mol. The van der Waals surface area contributed by atoms with E-state index in [-0.39, 0.29) is 0 Å². The number of aromatic nitrogens is 1. The van der Waals surface area contributed by atoms with Gasteiger partial charge in [-0.1, -0.05) is 6.07 Å². The zero-order valence-electron chi connectivity index (χ0n) is 10.0. The lowest BCUT2D eigenvalue weighted by Crippen LogP contribution is -2.46. The Kier molecular flexibility index (Phi) is 3.91. The summed E-state index contributed by atoms with van der Waals surface area (Å²) in [5.74, 6) is 0. The summed E-state index contributed by atoms with van der Waals surface area (Å²) in [4.78, 5) is 4.35. The van der Waals surface area contributed by atoms with Gasteiger partial charge in [-0.3, -0.25) is 4.98 Å². The maximum atomic E-state index is 5.54. The van der Waals surface area contributed by atoms with E-state index in [4.69, 9.17) is 4.74 Å². The van der Waals surface area contributed by atoms with Crippen LogP contribution in [0.25, 0.3) is 0 Å². The van der Waals surface area contributed by atoms with E-state index in [0.29, 0.717) is 18.2 Å². The summed E-state index contributed by atoms with van der Waals surface area (Å²) in [6.07, 6.45) is 4.58. The van der Waals surface area contributed by atoms with Gasteiger partial charge in [0.2, 0.25) is 0 Å². The van der Waals surface area contributed by atoms with Gasteiger partial charge in [0, 0.05) is 24.9 Å². The molecule has 0 unspecified atom stereocenters. The highest BCUT2D eigenvalue weighted by Crippen LogP contribution is 2.25. The molecule has 2 rings (SSSR count). The molecule has 1 aromatic rings. The van der Waals surface area contributed by atoms with E-state index in [1.54, 1.807) is 0 Å². The summed E-state index contributed by atoms with van der Waals surface area (Å²) < 4.78 is 5.54. The number of rotatable bonds is 5. The largest absolute Gasteiger partial charge is 0.378 e. The van der Waals surface area contributed by atoms with Crippen LogP contribution in [-0.2, 0) is 4.74 Å². The Hall–Kier alpha value is -0.930. The fraction of sp³-hybridized carbons (Fsp3) is 0.615. The van der Waals surface area contributed by atoms with Gasteiger partial charge in [0.1, 0.15) is 0 Å². The van der Waals surface area contributed by atoms with Gasteiger partial charge in [-0.25, -0.2) is 0 Å². The molecule has 88 valence electrons. The summed E-state index contributed by atoms with van der Waals surface area (Å²) in [7, 11) is 0. The first-order chi connectivity index (χ1) is 7.79. The number of hydrogen-bond acceptors (Lipinski definition) is 3. The minimum absolute atomic E-state index is 0.328. The van der Waals surface area contributed by atoms with Crippen molar-refractivity contribution in [1.29, 1.82) is 0 Å². The molecule has 1 aliphatic rings. The van der Waals surface area contributed by atoms with Crippen molar-refractivity contribution >= 4 is 0 Å². The quantitative estimate of drug-likeness (QED) is 0.826. The first kappa shape index (κ1) is 11.6.